The first-order valence-electron chi connectivity index (χ1n) is 5.42. The minimum Gasteiger partial charge on any atom is -0.385 e. The Morgan fingerprint density at radius 2 is 2.00 bits per heavy atom. The molecule has 0 saturated carbocycles. The van der Waals surface area contributed by atoms with Crippen LogP contribution in [0.4, 0.5) is 0 Å². The Morgan fingerprint density at radius 3 is 2.53 bits per heavy atom. The van der Waals surface area contributed by atoms with Gasteiger partial charge in [-0.2, -0.15) is 0 Å². The highest BCUT2D eigenvalue weighted by molar-refractivity contribution is 5.31. The van der Waals surface area contributed by atoms with Gasteiger partial charge in [-0.25, -0.2) is 0 Å². The highest BCUT2D eigenvalue weighted by Crippen LogP contribution is 2.19. The van der Waals surface area contributed by atoms with Crippen LogP contribution in [0.25, 0.3) is 0 Å². The van der Waals surface area contributed by atoms with E-state index in [1.165, 1.54) is 16.7 Å². The molecule has 2 heteroatoms. The molecule has 0 radical (unpaired) electrons. The summed E-state index contributed by atoms with van der Waals surface area (Å²) in [5, 5.41) is 3.32. The lowest BCUT2D eigenvalue weighted by Crippen LogP contribution is -2.18. The van der Waals surface area contributed by atoms with Crippen molar-refractivity contribution in [3.05, 3.63) is 34.9 Å². The van der Waals surface area contributed by atoms with Crippen molar-refractivity contribution in [3.63, 3.8) is 0 Å². The average Bonchev–Trinajstić information content (AvgIpc) is 2.24. The van der Waals surface area contributed by atoms with Crippen molar-refractivity contribution in [2.75, 3.05) is 20.8 Å². The van der Waals surface area contributed by atoms with Crippen LogP contribution in [0, 0.1) is 13.8 Å². The van der Waals surface area contributed by atoms with Crippen molar-refractivity contribution in [2.24, 2.45) is 0 Å². The van der Waals surface area contributed by atoms with Crippen LogP contribution < -0.4 is 5.32 Å². The van der Waals surface area contributed by atoms with Gasteiger partial charge < -0.3 is 10.1 Å². The standard InChI is InChI=1S/C13H21NO/c1-10-5-6-12(9-11(10)2)13(14-3)7-8-15-4/h5-6,9,13-14H,7-8H2,1-4H3. The molecule has 1 aromatic carbocycles. The summed E-state index contributed by atoms with van der Waals surface area (Å²) in [5.41, 5.74) is 4.04. The Labute approximate surface area is 92.6 Å². The van der Waals surface area contributed by atoms with Crippen molar-refractivity contribution in [3.8, 4) is 0 Å². The van der Waals surface area contributed by atoms with Gasteiger partial charge in [-0.15, -0.1) is 0 Å². The Bertz CT molecular complexity index is 309. The first-order valence-corrected chi connectivity index (χ1v) is 5.42. The van der Waals surface area contributed by atoms with E-state index in [-0.39, 0.29) is 0 Å². The average molecular weight is 207 g/mol. The normalized spacial score (nSPS) is 12.8. The Kier molecular flexibility index (Phi) is 4.79. The molecular formula is C13H21NO. The van der Waals surface area contributed by atoms with Crippen LogP contribution in [-0.2, 0) is 4.74 Å². The van der Waals surface area contributed by atoms with Gasteiger partial charge in [0.15, 0.2) is 0 Å². The van der Waals surface area contributed by atoms with Crippen LogP contribution >= 0.6 is 0 Å². The van der Waals surface area contributed by atoms with E-state index < -0.39 is 0 Å². The highest BCUT2D eigenvalue weighted by atomic mass is 16.5. The van der Waals surface area contributed by atoms with Crippen molar-refractivity contribution < 1.29 is 4.74 Å². The summed E-state index contributed by atoms with van der Waals surface area (Å²) < 4.78 is 5.11. The Hall–Kier alpha value is -0.860. The van der Waals surface area contributed by atoms with Crippen molar-refractivity contribution in [1.29, 1.82) is 0 Å². The van der Waals surface area contributed by atoms with Gasteiger partial charge in [0.1, 0.15) is 0 Å². The molecule has 0 saturated heterocycles. The molecule has 0 aromatic heterocycles. The topological polar surface area (TPSA) is 21.3 Å². The molecule has 0 amide bonds. The molecule has 0 aliphatic rings. The van der Waals surface area contributed by atoms with Gasteiger partial charge in [-0.05, 0) is 44.0 Å². The van der Waals surface area contributed by atoms with Crippen LogP contribution in [0.2, 0.25) is 0 Å². The lowest BCUT2D eigenvalue weighted by molar-refractivity contribution is 0.184. The highest BCUT2D eigenvalue weighted by Gasteiger charge is 2.09. The fraction of sp³-hybridized carbons (Fsp3) is 0.538. The van der Waals surface area contributed by atoms with Crippen molar-refractivity contribution >= 4 is 0 Å². The predicted octanol–water partition coefficient (Wildman–Crippen LogP) is 2.60. The molecule has 1 rings (SSSR count). The molecule has 1 unspecified atom stereocenters. The third-order valence-corrected chi connectivity index (χ3v) is 2.89. The molecule has 0 fully saturated rings. The maximum Gasteiger partial charge on any atom is 0.0480 e. The molecular weight excluding hydrogens is 186 g/mol. The summed E-state index contributed by atoms with van der Waals surface area (Å²) in [4.78, 5) is 0. The van der Waals surface area contributed by atoms with Crippen molar-refractivity contribution in [1.82, 2.24) is 5.32 Å². The summed E-state index contributed by atoms with van der Waals surface area (Å²) in [5.74, 6) is 0. The second kappa shape index (κ2) is 5.89. The molecule has 84 valence electrons. The molecule has 0 bridgehead atoms. The van der Waals surface area contributed by atoms with Gasteiger partial charge in [-0.1, -0.05) is 18.2 Å². The van der Waals surface area contributed by atoms with E-state index in [1.807, 2.05) is 7.05 Å². The van der Waals surface area contributed by atoms with Gasteiger partial charge in [0.2, 0.25) is 0 Å². The molecule has 2 nitrogen and oxygen atoms in total. The van der Waals surface area contributed by atoms with Gasteiger partial charge >= 0.3 is 0 Å². The summed E-state index contributed by atoms with van der Waals surface area (Å²) >= 11 is 0. The molecule has 0 aliphatic carbocycles. The van der Waals surface area contributed by atoms with Crippen LogP contribution in [0.1, 0.15) is 29.2 Å². The summed E-state index contributed by atoms with van der Waals surface area (Å²) in [6, 6.07) is 7.02. The lowest BCUT2D eigenvalue weighted by atomic mass is 9.99. The maximum absolute atomic E-state index is 5.11. The number of aryl methyl sites for hydroxylation is 2. The van der Waals surface area contributed by atoms with Gasteiger partial charge in [0.05, 0.1) is 0 Å². The summed E-state index contributed by atoms with van der Waals surface area (Å²) in [6.45, 7) is 5.09. The van der Waals surface area contributed by atoms with E-state index >= 15 is 0 Å². The minimum atomic E-state index is 0.393. The zero-order chi connectivity index (χ0) is 11.3. The number of methoxy groups -OCH3 is 1. The number of hydrogen-bond acceptors (Lipinski definition) is 2. The smallest absolute Gasteiger partial charge is 0.0480 e. The first-order chi connectivity index (χ1) is 7.19. The molecule has 0 spiro atoms. The molecule has 15 heavy (non-hydrogen) atoms. The molecule has 1 atom stereocenters. The molecule has 1 N–H and O–H groups in total. The number of ether oxygens (including phenoxy) is 1. The van der Waals surface area contributed by atoms with E-state index in [2.05, 4.69) is 37.4 Å². The predicted molar refractivity (Wildman–Crippen MR) is 64.2 cm³/mol. The first kappa shape index (κ1) is 12.2. The number of hydrogen-bond donors (Lipinski definition) is 1. The fourth-order valence-corrected chi connectivity index (χ4v) is 1.69. The SMILES string of the molecule is CNC(CCOC)c1ccc(C)c(C)c1. The van der Waals surface area contributed by atoms with E-state index in [0.717, 1.165) is 13.0 Å². The fourth-order valence-electron chi connectivity index (χ4n) is 1.69. The van der Waals surface area contributed by atoms with Crippen LogP contribution in [-0.4, -0.2) is 20.8 Å². The second-order valence-corrected chi connectivity index (χ2v) is 3.97. The van der Waals surface area contributed by atoms with E-state index in [4.69, 9.17) is 4.74 Å². The minimum absolute atomic E-state index is 0.393. The largest absolute Gasteiger partial charge is 0.385 e. The molecule has 1 aromatic rings. The van der Waals surface area contributed by atoms with E-state index in [9.17, 15) is 0 Å². The second-order valence-electron chi connectivity index (χ2n) is 3.97. The number of nitrogens with one attached hydrogen (secondary N) is 1. The monoisotopic (exact) mass is 207 g/mol. The quantitative estimate of drug-likeness (QED) is 0.801. The Balaban J connectivity index is 2.78. The molecule has 0 aliphatic heterocycles. The number of benzene rings is 1. The van der Waals surface area contributed by atoms with Crippen LogP contribution in [0.5, 0.6) is 0 Å². The van der Waals surface area contributed by atoms with Gasteiger partial charge in [0, 0.05) is 19.8 Å². The van der Waals surface area contributed by atoms with Crippen LogP contribution in [0.3, 0.4) is 0 Å². The summed E-state index contributed by atoms with van der Waals surface area (Å²) in [7, 11) is 3.74. The molecule has 0 heterocycles. The number of rotatable bonds is 5. The van der Waals surface area contributed by atoms with E-state index in [0.29, 0.717) is 6.04 Å². The Morgan fingerprint density at radius 1 is 1.27 bits per heavy atom. The maximum atomic E-state index is 5.11. The summed E-state index contributed by atoms with van der Waals surface area (Å²) in [6.07, 6.45) is 1.01. The van der Waals surface area contributed by atoms with Crippen molar-refractivity contribution in [2.45, 2.75) is 26.3 Å². The third-order valence-electron chi connectivity index (χ3n) is 2.89. The third kappa shape index (κ3) is 3.33. The van der Waals surface area contributed by atoms with Gasteiger partial charge in [-0.3, -0.25) is 0 Å². The zero-order valence-corrected chi connectivity index (χ0v) is 10.1. The van der Waals surface area contributed by atoms with E-state index in [1.54, 1.807) is 7.11 Å². The lowest BCUT2D eigenvalue weighted by Gasteiger charge is -2.17. The zero-order valence-electron chi connectivity index (χ0n) is 10.1. The van der Waals surface area contributed by atoms with Gasteiger partial charge in [0.25, 0.3) is 0 Å². The van der Waals surface area contributed by atoms with Crippen LogP contribution in [0.15, 0.2) is 18.2 Å².